The van der Waals surface area contributed by atoms with Gasteiger partial charge < -0.3 is 5.32 Å². The van der Waals surface area contributed by atoms with Gasteiger partial charge in [0.2, 0.25) is 0 Å². The van der Waals surface area contributed by atoms with Crippen molar-refractivity contribution in [1.29, 1.82) is 0 Å². The highest BCUT2D eigenvalue weighted by molar-refractivity contribution is 7.80. The van der Waals surface area contributed by atoms with Crippen LogP contribution in [0, 0.1) is 0 Å². The Bertz CT molecular complexity index is 604. The Kier molecular flexibility index (Phi) is 4.43. The van der Waals surface area contributed by atoms with Crippen molar-refractivity contribution in [2.45, 2.75) is 0 Å². The van der Waals surface area contributed by atoms with Crippen LogP contribution in [0.2, 0.25) is 5.02 Å². The van der Waals surface area contributed by atoms with Crippen LogP contribution in [0.25, 0.3) is 0 Å². The van der Waals surface area contributed by atoms with Crippen LogP contribution in [0.5, 0.6) is 0 Å². The first kappa shape index (κ1) is 13.5. The predicted molar refractivity (Wildman–Crippen MR) is 79.4 cm³/mol. The molecule has 0 fully saturated rings. The van der Waals surface area contributed by atoms with E-state index in [2.05, 4.69) is 15.6 Å². The minimum absolute atomic E-state index is 0.193. The maximum Gasteiger partial charge on any atom is 0.258 e. The zero-order valence-electron chi connectivity index (χ0n) is 9.76. The van der Waals surface area contributed by atoms with E-state index in [0.717, 1.165) is 0 Å². The van der Waals surface area contributed by atoms with Gasteiger partial charge in [-0.3, -0.25) is 15.1 Å². The number of hydrogen-bond acceptors (Lipinski definition) is 3. The first-order chi connectivity index (χ1) is 9.16. The van der Waals surface area contributed by atoms with Crippen molar-refractivity contribution >= 4 is 40.5 Å². The Morgan fingerprint density at radius 3 is 2.68 bits per heavy atom. The molecule has 0 aliphatic carbocycles. The highest BCUT2D eigenvalue weighted by Crippen LogP contribution is 2.14. The van der Waals surface area contributed by atoms with Crippen LogP contribution in [0.1, 0.15) is 10.4 Å². The first-order valence-electron chi connectivity index (χ1n) is 5.43. The van der Waals surface area contributed by atoms with Crippen LogP contribution in [-0.2, 0) is 0 Å². The van der Waals surface area contributed by atoms with E-state index in [4.69, 9.17) is 23.8 Å². The van der Waals surface area contributed by atoms with Gasteiger partial charge >= 0.3 is 0 Å². The third-order valence-corrected chi connectivity index (χ3v) is 2.80. The van der Waals surface area contributed by atoms with Crippen molar-refractivity contribution in [1.82, 2.24) is 10.3 Å². The fraction of sp³-hybridized carbons (Fsp3) is 0. The number of thiocarbonyl (C=S) groups is 1. The summed E-state index contributed by atoms with van der Waals surface area (Å²) >= 11 is 11.0. The second-order valence-corrected chi connectivity index (χ2v) is 4.45. The van der Waals surface area contributed by atoms with Crippen LogP contribution in [0.4, 0.5) is 5.69 Å². The van der Waals surface area contributed by atoms with Gasteiger partial charge in [-0.1, -0.05) is 23.7 Å². The second kappa shape index (κ2) is 6.26. The van der Waals surface area contributed by atoms with Gasteiger partial charge in [-0.2, -0.15) is 0 Å². The molecule has 0 radical (unpaired) electrons. The number of amides is 1. The van der Waals surface area contributed by atoms with Gasteiger partial charge in [0.25, 0.3) is 5.91 Å². The molecule has 6 heteroatoms. The molecule has 0 saturated heterocycles. The van der Waals surface area contributed by atoms with Gasteiger partial charge in [-0.05, 0) is 36.5 Å². The van der Waals surface area contributed by atoms with Gasteiger partial charge in [0.15, 0.2) is 5.11 Å². The zero-order chi connectivity index (χ0) is 13.7. The molecule has 0 saturated carbocycles. The summed E-state index contributed by atoms with van der Waals surface area (Å²) in [5, 5.41) is 5.98. The predicted octanol–water partition coefficient (Wildman–Crippen LogP) is 2.86. The largest absolute Gasteiger partial charge is 0.331 e. The molecule has 96 valence electrons. The molecule has 2 aromatic rings. The van der Waals surface area contributed by atoms with Crippen molar-refractivity contribution in [3.05, 3.63) is 59.4 Å². The topological polar surface area (TPSA) is 54.0 Å². The lowest BCUT2D eigenvalue weighted by Gasteiger charge is -2.09. The Balaban J connectivity index is 2.00. The number of benzene rings is 1. The summed E-state index contributed by atoms with van der Waals surface area (Å²) in [5.41, 5.74) is 1.08. The zero-order valence-corrected chi connectivity index (χ0v) is 11.3. The lowest BCUT2D eigenvalue weighted by Crippen LogP contribution is -2.34. The third-order valence-electron chi connectivity index (χ3n) is 2.26. The van der Waals surface area contributed by atoms with Crippen LogP contribution >= 0.6 is 23.8 Å². The molecule has 0 spiro atoms. The summed E-state index contributed by atoms with van der Waals surface area (Å²) in [7, 11) is 0. The lowest BCUT2D eigenvalue weighted by molar-refractivity contribution is 0.0978. The Morgan fingerprint density at radius 2 is 2.00 bits per heavy atom. The molecule has 1 amide bonds. The van der Waals surface area contributed by atoms with E-state index in [1.165, 1.54) is 0 Å². The molecule has 2 rings (SSSR count). The van der Waals surface area contributed by atoms with E-state index in [9.17, 15) is 4.79 Å². The average molecular weight is 292 g/mol. The van der Waals surface area contributed by atoms with E-state index in [0.29, 0.717) is 16.3 Å². The molecule has 4 nitrogen and oxygen atoms in total. The highest BCUT2D eigenvalue weighted by atomic mass is 35.5. The van der Waals surface area contributed by atoms with Gasteiger partial charge in [-0.15, -0.1) is 0 Å². The summed E-state index contributed by atoms with van der Waals surface area (Å²) in [5.74, 6) is -0.355. The molecule has 2 N–H and O–H groups in total. The second-order valence-electron chi connectivity index (χ2n) is 3.63. The number of halogens is 1. The summed E-state index contributed by atoms with van der Waals surface area (Å²) in [6.45, 7) is 0. The number of rotatable bonds is 2. The van der Waals surface area contributed by atoms with E-state index >= 15 is 0 Å². The SMILES string of the molecule is O=C(NC(=S)Nc1cccnc1)c1ccccc1Cl. The third kappa shape index (κ3) is 3.74. The number of carbonyl (C=O) groups is 1. The monoisotopic (exact) mass is 291 g/mol. The molecule has 1 heterocycles. The van der Waals surface area contributed by atoms with Crippen molar-refractivity contribution < 1.29 is 4.79 Å². The maximum absolute atomic E-state index is 11.9. The molecule has 19 heavy (non-hydrogen) atoms. The summed E-state index contributed by atoms with van der Waals surface area (Å²) in [6, 6.07) is 10.3. The van der Waals surface area contributed by atoms with E-state index in [-0.39, 0.29) is 11.0 Å². The lowest BCUT2D eigenvalue weighted by atomic mass is 10.2. The summed E-state index contributed by atoms with van der Waals surface area (Å²) in [4.78, 5) is 15.9. The van der Waals surface area contributed by atoms with Crippen LogP contribution in [-0.4, -0.2) is 16.0 Å². The number of aromatic nitrogens is 1. The smallest absolute Gasteiger partial charge is 0.258 e. The highest BCUT2D eigenvalue weighted by Gasteiger charge is 2.10. The van der Waals surface area contributed by atoms with Gasteiger partial charge in [-0.25, -0.2) is 0 Å². The molecule has 0 aliphatic rings. The van der Waals surface area contributed by atoms with Gasteiger partial charge in [0.1, 0.15) is 0 Å². The van der Waals surface area contributed by atoms with Crippen molar-refractivity contribution in [2.75, 3.05) is 5.32 Å². The Hall–Kier alpha value is -1.98. The van der Waals surface area contributed by atoms with Gasteiger partial charge in [0, 0.05) is 6.20 Å². The first-order valence-corrected chi connectivity index (χ1v) is 6.22. The molecule has 1 aromatic carbocycles. The molecular formula is C13H10ClN3OS. The molecule has 0 unspecified atom stereocenters. The molecule has 0 atom stereocenters. The minimum Gasteiger partial charge on any atom is -0.331 e. The number of pyridine rings is 1. The maximum atomic E-state index is 11.9. The Labute approximate surface area is 120 Å². The van der Waals surface area contributed by atoms with Crippen molar-refractivity contribution in [2.24, 2.45) is 0 Å². The van der Waals surface area contributed by atoms with Crippen LogP contribution in [0.15, 0.2) is 48.8 Å². The quantitative estimate of drug-likeness (QED) is 0.836. The fourth-order valence-corrected chi connectivity index (χ4v) is 1.85. The number of carbonyl (C=O) groups excluding carboxylic acids is 1. The van der Waals surface area contributed by atoms with Crippen molar-refractivity contribution in [3.8, 4) is 0 Å². The van der Waals surface area contributed by atoms with E-state index in [1.54, 1.807) is 48.8 Å². The van der Waals surface area contributed by atoms with Crippen molar-refractivity contribution in [3.63, 3.8) is 0 Å². The minimum atomic E-state index is -0.355. The standard InChI is InChI=1S/C13H10ClN3OS/c14-11-6-2-1-5-10(11)12(18)17-13(19)16-9-4-3-7-15-8-9/h1-8H,(H2,16,17,18,19). The molecular weight excluding hydrogens is 282 g/mol. The molecule has 0 aliphatic heterocycles. The number of anilines is 1. The normalized spacial score (nSPS) is 9.74. The van der Waals surface area contributed by atoms with Crippen LogP contribution < -0.4 is 10.6 Å². The number of hydrogen-bond donors (Lipinski definition) is 2. The number of nitrogens with zero attached hydrogens (tertiary/aromatic N) is 1. The van der Waals surface area contributed by atoms with Gasteiger partial charge in [0.05, 0.1) is 22.5 Å². The van der Waals surface area contributed by atoms with Crippen LogP contribution in [0.3, 0.4) is 0 Å². The summed E-state index contributed by atoms with van der Waals surface area (Å²) < 4.78 is 0. The fourth-order valence-electron chi connectivity index (χ4n) is 1.41. The Morgan fingerprint density at radius 1 is 1.21 bits per heavy atom. The molecule has 1 aromatic heterocycles. The van der Waals surface area contributed by atoms with E-state index in [1.807, 2.05) is 0 Å². The van der Waals surface area contributed by atoms with E-state index < -0.39 is 0 Å². The average Bonchev–Trinajstić information content (AvgIpc) is 2.40. The summed E-state index contributed by atoms with van der Waals surface area (Å²) in [6.07, 6.45) is 3.25. The number of nitrogens with one attached hydrogen (secondary N) is 2. The molecule has 0 bridgehead atoms.